The molecule has 0 amide bonds. The van der Waals surface area contributed by atoms with Gasteiger partial charge >= 0.3 is 0 Å². The summed E-state index contributed by atoms with van der Waals surface area (Å²) < 4.78 is 2.40. The van der Waals surface area contributed by atoms with Crippen molar-refractivity contribution < 1.29 is 0 Å². The largest absolute Gasteiger partial charge is 0.309 e. The van der Waals surface area contributed by atoms with Gasteiger partial charge in [-0.05, 0) is 158 Å². The molecule has 2 aliphatic rings. The summed E-state index contributed by atoms with van der Waals surface area (Å²) in [5, 5.41) is 13.0. The molecule has 13 aromatic rings. The molecule has 1 spiro atoms. The Morgan fingerprint density at radius 1 is 0.297 bits per heavy atom. The zero-order chi connectivity index (χ0) is 41.7. The fourth-order valence-electron chi connectivity index (χ4n) is 12.4. The van der Waals surface area contributed by atoms with Crippen LogP contribution in [0.2, 0.25) is 0 Å². The first-order valence-corrected chi connectivity index (χ1v) is 22.4. The zero-order valence-electron chi connectivity index (χ0n) is 34.8. The summed E-state index contributed by atoms with van der Waals surface area (Å²) in [6.45, 7) is 0. The standard InChI is InChI=1S/C63H37N/c1-2-17-44(18-3-1)64-57-27-11-8-21-47(57)53-35-40(31-33-58(53)64)41-30-32-49-56(37-41)63(54-25-9-6-19-45(54)46-20-7-10-26-55(46)63)62-51-24-13-22-48-52(42-29-28-38-14-4-5-15-39(38)34-42)36-43-16-12-23-50(61(49)62)59(43)60(48)51/h1-37H. The van der Waals surface area contributed by atoms with Crippen LogP contribution in [-0.2, 0) is 5.41 Å². The first-order valence-electron chi connectivity index (χ1n) is 22.4. The molecule has 0 unspecified atom stereocenters. The van der Waals surface area contributed by atoms with E-state index in [4.69, 9.17) is 0 Å². The molecular weight excluding hydrogens is 771 g/mol. The molecule has 1 aromatic heterocycles. The molecular formula is C63H37N. The van der Waals surface area contributed by atoms with Crippen LogP contribution in [0, 0.1) is 0 Å². The van der Waals surface area contributed by atoms with Gasteiger partial charge in [0.25, 0.3) is 0 Å². The van der Waals surface area contributed by atoms with Crippen LogP contribution in [0.4, 0.5) is 0 Å². The molecule has 0 fully saturated rings. The van der Waals surface area contributed by atoms with E-state index in [9.17, 15) is 0 Å². The molecule has 0 saturated heterocycles. The van der Waals surface area contributed by atoms with Gasteiger partial charge in [-0.15, -0.1) is 0 Å². The number of benzene rings is 12. The second kappa shape index (κ2) is 12.4. The monoisotopic (exact) mass is 807 g/mol. The van der Waals surface area contributed by atoms with Crippen LogP contribution in [0.1, 0.15) is 22.3 Å². The van der Waals surface area contributed by atoms with Crippen LogP contribution in [0.3, 0.4) is 0 Å². The van der Waals surface area contributed by atoms with Gasteiger partial charge in [0, 0.05) is 16.5 Å². The highest BCUT2D eigenvalue weighted by Crippen LogP contribution is 2.66. The molecule has 0 saturated carbocycles. The number of para-hydroxylation sites is 2. The topological polar surface area (TPSA) is 4.93 Å². The zero-order valence-corrected chi connectivity index (χ0v) is 34.8. The Kier molecular flexibility index (Phi) is 6.67. The van der Waals surface area contributed by atoms with Gasteiger partial charge in [-0.25, -0.2) is 0 Å². The third kappa shape index (κ3) is 4.29. The summed E-state index contributed by atoms with van der Waals surface area (Å²) in [5.41, 5.74) is 18.8. The van der Waals surface area contributed by atoms with E-state index in [2.05, 4.69) is 229 Å². The summed E-state index contributed by atoms with van der Waals surface area (Å²) in [6, 6.07) is 84.7. The van der Waals surface area contributed by atoms with Crippen LogP contribution in [-0.4, -0.2) is 4.57 Å². The van der Waals surface area contributed by atoms with Gasteiger partial charge in [-0.2, -0.15) is 0 Å². The van der Waals surface area contributed by atoms with E-state index < -0.39 is 5.41 Å². The van der Waals surface area contributed by atoms with Gasteiger partial charge in [0.05, 0.1) is 16.4 Å². The minimum Gasteiger partial charge on any atom is -0.309 e. The predicted octanol–water partition coefficient (Wildman–Crippen LogP) is 16.5. The van der Waals surface area contributed by atoms with E-state index in [0.717, 1.165) is 0 Å². The predicted molar refractivity (Wildman–Crippen MR) is 269 cm³/mol. The van der Waals surface area contributed by atoms with Crippen molar-refractivity contribution in [2.75, 3.05) is 0 Å². The molecule has 1 heteroatoms. The van der Waals surface area contributed by atoms with E-state index in [0.29, 0.717) is 0 Å². The summed E-state index contributed by atoms with van der Waals surface area (Å²) >= 11 is 0. The average molecular weight is 808 g/mol. The lowest BCUT2D eigenvalue weighted by Gasteiger charge is -2.32. The normalized spacial score (nSPS) is 13.4. The Balaban J connectivity index is 1.05. The number of aromatic nitrogens is 1. The fraction of sp³-hybridized carbons (Fsp3) is 0.0159. The van der Waals surface area contributed by atoms with Crippen molar-refractivity contribution in [2.24, 2.45) is 0 Å². The van der Waals surface area contributed by atoms with Gasteiger partial charge in [0.2, 0.25) is 0 Å². The van der Waals surface area contributed by atoms with Crippen LogP contribution < -0.4 is 0 Å². The van der Waals surface area contributed by atoms with Crippen molar-refractivity contribution in [1.29, 1.82) is 0 Å². The van der Waals surface area contributed by atoms with Crippen molar-refractivity contribution in [3.05, 3.63) is 247 Å². The lowest BCUT2D eigenvalue weighted by molar-refractivity contribution is 0.802. The Hall–Kier alpha value is -8.26. The lowest BCUT2D eigenvalue weighted by Crippen LogP contribution is -2.26. The fourth-order valence-corrected chi connectivity index (χ4v) is 12.4. The number of hydrogen-bond acceptors (Lipinski definition) is 0. The quantitative estimate of drug-likeness (QED) is 0.157. The van der Waals surface area contributed by atoms with Crippen molar-refractivity contribution in [1.82, 2.24) is 4.57 Å². The van der Waals surface area contributed by atoms with Gasteiger partial charge in [-0.3, -0.25) is 0 Å². The maximum absolute atomic E-state index is 2.55. The first-order chi connectivity index (χ1) is 31.8. The second-order valence-corrected chi connectivity index (χ2v) is 17.9. The van der Waals surface area contributed by atoms with Crippen LogP contribution >= 0.6 is 0 Å². The summed E-state index contributed by atoms with van der Waals surface area (Å²) in [5.74, 6) is 0. The maximum Gasteiger partial charge on any atom is 0.0731 e. The average Bonchev–Trinajstić information content (AvgIpc) is 3.97. The van der Waals surface area contributed by atoms with E-state index in [1.54, 1.807) is 0 Å². The third-order valence-corrected chi connectivity index (χ3v) is 14.9. The lowest BCUT2D eigenvalue weighted by atomic mass is 9.68. The van der Waals surface area contributed by atoms with E-state index in [1.807, 2.05) is 0 Å². The molecule has 0 aliphatic heterocycles. The summed E-state index contributed by atoms with van der Waals surface area (Å²) in [7, 11) is 0. The molecule has 2 aliphatic carbocycles. The van der Waals surface area contributed by atoms with Crippen molar-refractivity contribution in [2.45, 2.75) is 5.41 Å². The van der Waals surface area contributed by atoms with E-state index in [-0.39, 0.29) is 0 Å². The molecule has 294 valence electrons. The van der Waals surface area contributed by atoms with Gasteiger partial charge in [0.15, 0.2) is 0 Å². The maximum atomic E-state index is 2.55. The van der Waals surface area contributed by atoms with E-state index in [1.165, 1.54) is 137 Å². The minimum atomic E-state index is -0.533. The molecule has 1 heterocycles. The Morgan fingerprint density at radius 3 is 1.78 bits per heavy atom. The van der Waals surface area contributed by atoms with Gasteiger partial charge < -0.3 is 4.57 Å². The number of fused-ring (bicyclic) bond motifs is 16. The molecule has 0 bridgehead atoms. The molecule has 0 atom stereocenters. The highest BCUT2D eigenvalue weighted by Gasteiger charge is 2.53. The molecule has 1 nitrogen and oxygen atoms in total. The molecule has 64 heavy (non-hydrogen) atoms. The second-order valence-electron chi connectivity index (χ2n) is 17.9. The Bertz CT molecular complexity index is 4080. The number of nitrogens with zero attached hydrogens (tertiary/aromatic N) is 1. The SMILES string of the molecule is c1ccc(-n2c3ccccc3c3cc(-c4ccc5c(c4)C4(c6ccccc6-c6ccccc64)c4c-5c5cccc6cc(-c7ccc8ccccc8c7)c7cccc4c7c65)ccc32)cc1. The number of rotatable bonds is 3. The molecule has 12 aromatic carbocycles. The van der Waals surface area contributed by atoms with Crippen LogP contribution in [0.5, 0.6) is 0 Å². The highest BCUT2D eigenvalue weighted by molar-refractivity contribution is 6.32. The highest BCUT2D eigenvalue weighted by atomic mass is 15.0. The summed E-state index contributed by atoms with van der Waals surface area (Å²) in [6.07, 6.45) is 0. The number of hydrogen-bond donors (Lipinski definition) is 0. The van der Waals surface area contributed by atoms with Crippen LogP contribution in [0.15, 0.2) is 224 Å². The molecule has 0 radical (unpaired) electrons. The summed E-state index contributed by atoms with van der Waals surface area (Å²) in [4.78, 5) is 0. The molecule has 0 N–H and O–H groups in total. The van der Waals surface area contributed by atoms with Crippen LogP contribution in [0.25, 0.3) is 115 Å². The smallest absolute Gasteiger partial charge is 0.0731 e. The third-order valence-electron chi connectivity index (χ3n) is 14.9. The van der Waals surface area contributed by atoms with Crippen molar-refractivity contribution in [3.63, 3.8) is 0 Å². The van der Waals surface area contributed by atoms with Crippen molar-refractivity contribution in [3.8, 4) is 50.2 Å². The minimum absolute atomic E-state index is 0.533. The van der Waals surface area contributed by atoms with Gasteiger partial charge in [-0.1, -0.05) is 176 Å². The first kappa shape index (κ1) is 34.3. The Morgan fingerprint density at radius 2 is 0.922 bits per heavy atom. The van der Waals surface area contributed by atoms with Crippen molar-refractivity contribution >= 4 is 64.9 Å². The molecule has 15 rings (SSSR count). The Labute approximate surface area is 370 Å². The van der Waals surface area contributed by atoms with Gasteiger partial charge in [0.1, 0.15) is 0 Å². The van der Waals surface area contributed by atoms with E-state index >= 15 is 0 Å².